The number of aromatic nitrogens is 2. The van der Waals surface area contributed by atoms with Gasteiger partial charge >= 0.3 is 6.18 Å². The van der Waals surface area contributed by atoms with Gasteiger partial charge in [0.05, 0.1) is 12.7 Å². The van der Waals surface area contributed by atoms with Crippen molar-refractivity contribution >= 4 is 11.8 Å². The molecule has 0 unspecified atom stereocenters. The highest BCUT2D eigenvalue weighted by Gasteiger charge is 2.40. The Hall–Kier alpha value is -4.41. The van der Waals surface area contributed by atoms with E-state index in [1.807, 2.05) is 12.2 Å². The SMILES string of the molecule is COc1ccc(Oc2ccc(CNC(=O)C3(NC(=O)c4cncnc4)CC=CC3)cc2)c(C(F)(F)F)c1. The lowest BCUT2D eigenvalue weighted by atomic mass is 9.94. The summed E-state index contributed by atoms with van der Waals surface area (Å²) in [5.41, 5.74) is -1.17. The van der Waals surface area contributed by atoms with Crippen molar-refractivity contribution in [2.75, 3.05) is 7.11 Å². The summed E-state index contributed by atoms with van der Waals surface area (Å²) in [7, 11) is 1.28. The number of hydrogen-bond donors (Lipinski definition) is 2. The molecule has 0 aliphatic heterocycles. The molecule has 37 heavy (non-hydrogen) atoms. The van der Waals surface area contributed by atoms with Gasteiger partial charge in [-0.15, -0.1) is 0 Å². The largest absolute Gasteiger partial charge is 0.497 e. The number of amides is 2. The lowest BCUT2D eigenvalue weighted by molar-refractivity contribution is -0.138. The van der Waals surface area contributed by atoms with Crippen molar-refractivity contribution in [3.05, 3.63) is 90.0 Å². The quantitative estimate of drug-likeness (QED) is 0.433. The third-order valence-electron chi connectivity index (χ3n) is 5.81. The van der Waals surface area contributed by atoms with Crippen LogP contribution in [0.25, 0.3) is 0 Å². The van der Waals surface area contributed by atoms with Crippen LogP contribution in [-0.2, 0) is 17.5 Å². The van der Waals surface area contributed by atoms with Crippen molar-refractivity contribution in [3.8, 4) is 17.2 Å². The van der Waals surface area contributed by atoms with Crippen LogP contribution in [0, 0.1) is 0 Å². The van der Waals surface area contributed by atoms with Crippen LogP contribution in [0.2, 0.25) is 0 Å². The molecular weight excluding hydrogens is 489 g/mol. The maximum absolute atomic E-state index is 13.4. The molecule has 1 aliphatic rings. The number of alkyl halides is 3. The van der Waals surface area contributed by atoms with E-state index in [4.69, 9.17) is 9.47 Å². The van der Waals surface area contributed by atoms with Crippen LogP contribution in [0.3, 0.4) is 0 Å². The summed E-state index contributed by atoms with van der Waals surface area (Å²) < 4.78 is 50.6. The zero-order chi connectivity index (χ0) is 26.5. The molecule has 2 amide bonds. The zero-order valence-corrected chi connectivity index (χ0v) is 19.7. The minimum Gasteiger partial charge on any atom is -0.497 e. The summed E-state index contributed by atoms with van der Waals surface area (Å²) in [6.45, 7) is 0.140. The van der Waals surface area contributed by atoms with Crippen LogP contribution in [0.5, 0.6) is 17.2 Å². The summed E-state index contributed by atoms with van der Waals surface area (Å²) in [5, 5.41) is 5.61. The van der Waals surface area contributed by atoms with E-state index in [0.29, 0.717) is 18.4 Å². The van der Waals surface area contributed by atoms with Gasteiger partial charge in [-0.3, -0.25) is 9.59 Å². The Balaban J connectivity index is 1.40. The number of nitrogens with zero attached hydrogens (tertiary/aromatic N) is 2. The lowest BCUT2D eigenvalue weighted by Crippen LogP contribution is -2.57. The molecule has 1 aromatic heterocycles. The Kier molecular flexibility index (Phi) is 7.42. The first kappa shape index (κ1) is 25.7. The highest BCUT2D eigenvalue weighted by Crippen LogP contribution is 2.40. The fraction of sp³-hybridized carbons (Fsp3) is 0.231. The maximum Gasteiger partial charge on any atom is 0.420 e. The molecule has 192 valence electrons. The number of ether oxygens (including phenoxy) is 2. The van der Waals surface area contributed by atoms with Gasteiger partial charge in [0.2, 0.25) is 5.91 Å². The van der Waals surface area contributed by atoms with Gasteiger partial charge in [-0.2, -0.15) is 13.2 Å². The smallest absolute Gasteiger partial charge is 0.420 e. The van der Waals surface area contributed by atoms with Gasteiger partial charge in [0.25, 0.3) is 5.91 Å². The fourth-order valence-corrected chi connectivity index (χ4v) is 3.80. The van der Waals surface area contributed by atoms with Gasteiger partial charge in [0, 0.05) is 18.9 Å². The number of methoxy groups -OCH3 is 1. The standard InChI is InChI=1S/C26H23F3N4O4/c1-36-20-8-9-22(21(12-20)26(27,28)29)37-19-6-4-17(5-7-19)13-32-24(35)25(10-2-3-11-25)33-23(34)18-14-30-16-31-15-18/h2-9,12,14-16H,10-11,13H2,1H3,(H,32,35)(H,33,34). The van der Waals surface area contributed by atoms with Crippen molar-refractivity contribution in [2.24, 2.45) is 0 Å². The van der Waals surface area contributed by atoms with Gasteiger partial charge in [-0.05, 0) is 48.7 Å². The topological polar surface area (TPSA) is 102 Å². The number of rotatable bonds is 8. The Morgan fingerprint density at radius 2 is 1.65 bits per heavy atom. The molecule has 0 atom stereocenters. The number of halogens is 3. The summed E-state index contributed by atoms with van der Waals surface area (Å²) >= 11 is 0. The van der Waals surface area contributed by atoms with Crippen molar-refractivity contribution < 1.29 is 32.2 Å². The van der Waals surface area contributed by atoms with E-state index in [9.17, 15) is 22.8 Å². The molecule has 1 aliphatic carbocycles. The van der Waals surface area contributed by atoms with Crippen molar-refractivity contribution in [2.45, 2.75) is 31.1 Å². The number of carbonyl (C=O) groups excluding carboxylic acids is 2. The maximum atomic E-state index is 13.4. The molecule has 2 N–H and O–H groups in total. The van der Waals surface area contributed by atoms with Crippen LogP contribution >= 0.6 is 0 Å². The van der Waals surface area contributed by atoms with Gasteiger partial charge in [-0.1, -0.05) is 24.3 Å². The molecular formula is C26H23F3N4O4. The molecule has 0 saturated heterocycles. The average molecular weight is 512 g/mol. The highest BCUT2D eigenvalue weighted by atomic mass is 19.4. The third kappa shape index (κ3) is 6.05. The number of hydrogen-bond acceptors (Lipinski definition) is 6. The lowest BCUT2D eigenvalue weighted by Gasteiger charge is -2.29. The van der Waals surface area contributed by atoms with Gasteiger partial charge < -0.3 is 20.1 Å². The third-order valence-corrected chi connectivity index (χ3v) is 5.81. The fourth-order valence-electron chi connectivity index (χ4n) is 3.80. The molecule has 0 radical (unpaired) electrons. The normalized spacial score (nSPS) is 14.2. The van der Waals surface area contributed by atoms with Crippen molar-refractivity contribution in [1.29, 1.82) is 0 Å². The van der Waals surface area contributed by atoms with Crippen LogP contribution in [0.4, 0.5) is 13.2 Å². The van der Waals surface area contributed by atoms with Gasteiger partial charge in [0.15, 0.2) is 0 Å². The molecule has 11 heteroatoms. The predicted octanol–water partition coefficient (Wildman–Crippen LogP) is 4.43. The van der Waals surface area contributed by atoms with E-state index in [1.165, 1.54) is 50.1 Å². The van der Waals surface area contributed by atoms with E-state index in [0.717, 1.165) is 6.07 Å². The first-order valence-corrected chi connectivity index (χ1v) is 11.2. The highest BCUT2D eigenvalue weighted by molar-refractivity contribution is 5.99. The van der Waals surface area contributed by atoms with Crippen LogP contribution in [0.1, 0.15) is 34.3 Å². The molecule has 2 aromatic carbocycles. The Bertz CT molecular complexity index is 1290. The first-order chi connectivity index (χ1) is 17.7. The molecule has 4 rings (SSSR count). The number of benzene rings is 2. The summed E-state index contributed by atoms with van der Waals surface area (Å²) in [4.78, 5) is 33.3. The monoisotopic (exact) mass is 512 g/mol. The summed E-state index contributed by atoms with van der Waals surface area (Å²) in [6, 6.07) is 9.73. The molecule has 1 heterocycles. The zero-order valence-electron chi connectivity index (χ0n) is 19.7. The molecule has 0 saturated carbocycles. The molecule has 0 fully saturated rings. The van der Waals surface area contributed by atoms with Gasteiger partial charge in [0.1, 0.15) is 34.7 Å². The van der Waals surface area contributed by atoms with E-state index in [1.54, 1.807) is 12.1 Å². The second-order valence-corrected chi connectivity index (χ2v) is 8.33. The van der Waals surface area contributed by atoms with Crippen LogP contribution in [-0.4, -0.2) is 34.4 Å². The van der Waals surface area contributed by atoms with Crippen LogP contribution < -0.4 is 20.1 Å². The Morgan fingerprint density at radius 1 is 1.00 bits per heavy atom. The van der Waals surface area contributed by atoms with E-state index in [2.05, 4.69) is 20.6 Å². The second kappa shape index (κ2) is 10.7. The van der Waals surface area contributed by atoms with E-state index >= 15 is 0 Å². The minimum absolute atomic E-state index is 0.0642. The van der Waals surface area contributed by atoms with Crippen molar-refractivity contribution in [3.63, 3.8) is 0 Å². The molecule has 0 spiro atoms. The number of carbonyl (C=O) groups is 2. The summed E-state index contributed by atoms with van der Waals surface area (Å²) in [6.07, 6.45) is 3.71. The van der Waals surface area contributed by atoms with Gasteiger partial charge in [-0.25, -0.2) is 9.97 Å². The minimum atomic E-state index is -4.62. The molecule has 8 nitrogen and oxygen atoms in total. The Labute approximate surface area is 210 Å². The first-order valence-electron chi connectivity index (χ1n) is 11.2. The second-order valence-electron chi connectivity index (χ2n) is 8.33. The molecule has 3 aromatic rings. The Morgan fingerprint density at radius 3 is 2.27 bits per heavy atom. The predicted molar refractivity (Wildman–Crippen MR) is 127 cm³/mol. The van der Waals surface area contributed by atoms with Crippen LogP contribution in [0.15, 0.2) is 73.3 Å². The summed E-state index contributed by atoms with van der Waals surface area (Å²) in [5.74, 6) is -0.924. The molecule has 0 bridgehead atoms. The van der Waals surface area contributed by atoms with E-state index in [-0.39, 0.29) is 35.3 Å². The number of nitrogens with one attached hydrogen (secondary N) is 2. The van der Waals surface area contributed by atoms with Crippen molar-refractivity contribution in [1.82, 2.24) is 20.6 Å². The average Bonchev–Trinajstić information content (AvgIpc) is 3.38. The van der Waals surface area contributed by atoms with E-state index < -0.39 is 23.2 Å².